The molecule has 0 saturated carbocycles. The van der Waals surface area contributed by atoms with Crippen LogP contribution in [0.25, 0.3) is 0 Å². The van der Waals surface area contributed by atoms with Gasteiger partial charge in [-0.25, -0.2) is 0 Å². The van der Waals surface area contributed by atoms with Crippen LogP contribution in [-0.4, -0.2) is 5.75 Å². The van der Waals surface area contributed by atoms with Crippen molar-refractivity contribution in [1.29, 1.82) is 0 Å². The van der Waals surface area contributed by atoms with Gasteiger partial charge in [-0.15, -0.1) is 0 Å². The molecule has 11 heavy (non-hydrogen) atoms. The van der Waals surface area contributed by atoms with E-state index in [1.54, 1.807) is 0 Å². The molecule has 0 nitrogen and oxygen atoms in total. The first kappa shape index (κ1) is 9.24. The van der Waals surface area contributed by atoms with E-state index in [-0.39, 0.29) is 0 Å². The molecule has 0 aliphatic rings. The molecule has 1 rings (SSSR count). The highest BCUT2D eigenvalue weighted by Crippen LogP contribution is 2.22. The summed E-state index contributed by atoms with van der Waals surface area (Å²) in [5, 5.41) is 1.22. The van der Waals surface area contributed by atoms with Crippen molar-refractivity contribution in [3.05, 3.63) is 33.8 Å². The SMILES string of the molecule is SCCc1ccc(Cl)c(Cl)c1. The van der Waals surface area contributed by atoms with Crippen molar-refractivity contribution in [2.24, 2.45) is 0 Å². The molecule has 1 aromatic rings. The van der Waals surface area contributed by atoms with Gasteiger partial charge in [0.15, 0.2) is 0 Å². The van der Waals surface area contributed by atoms with Crippen LogP contribution in [0.3, 0.4) is 0 Å². The minimum Gasteiger partial charge on any atom is -0.179 e. The number of halogens is 2. The van der Waals surface area contributed by atoms with Crippen molar-refractivity contribution in [1.82, 2.24) is 0 Å². The van der Waals surface area contributed by atoms with Gasteiger partial charge in [0.2, 0.25) is 0 Å². The Bertz CT molecular complexity index is 248. The van der Waals surface area contributed by atoms with E-state index < -0.39 is 0 Å². The van der Waals surface area contributed by atoms with E-state index in [0.29, 0.717) is 10.0 Å². The Labute approximate surface area is 81.9 Å². The van der Waals surface area contributed by atoms with E-state index in [0.717, 1.165) is 12.2 Å². The van der Waals surface area contributed by atoms with Crippen molar-refractivity contribution >= 4 is 35.8 Å². The number of thiol groups is 1. The molecule has 3 heteroatoms. The van der Waals surface area contributed by atoms with Crippen molar-refractivity contribution in [2.45, 2.75) is 6.42 Å². The topological polar surface area (TPSA) is 0 Å². The van der Waals surface area contributed by atoms with Gasteiger partial charge in [0, 0.05) is 0 Å². The molecular formula is C8H8Cl2S. The summed E-state index contributed by atoms with van der Waals surface area (Å²) in [6, 6.07) is 5.65. The third-order valence-electron chi connectivity index (χ3n) is 1.38. The second-order valence-corrected chi connectivity index (χ2v) is 3.48. The molecule has 0 atom stereocenters. The fourth-order valence-corrected chi connectivity index (χ4v) is 1.40. The minimum atomic E-state index is 0.606. The van der Waals surface area contributed by atoms with Crippen LogP contribution in [-0.2, 0) is 6.42 Å². The lowest BCUT2D eigenvalue weighted by molar-refractivity contribution is 1.16. The predicted molar refractivity (Wildman–Crippen MR) is 54.0 cm³/mol. The summed E-state index contributed by atoms with van der Waals surface area (Å²) in [5.74, 6) is 0.831. The average molecular weight is 207 g/mol. The minimum absolute atomic E-state index is 0.606. The first-order valence-electron chi connectivity index (χ1n) is 3.29. The number of rotatable bonds is 2. The Morgan fingerprint density at radius 2 is 1.91 bits per heavy atom. The molecule has 0 spiro atoms. The highest BCUT2D eigenvalue weighted by atomic mass is 35.5. The van der Waals surface area contributed by atoms with Gasteiger partial charge in [-0.1, -0.05) is 29.3 Å². The van der Waals surface area contributed by atoms with Gasteiger partial charge in [0.25, 0.3) is 0 Å². The van der Waals surface area contributed by atoms with Crippen LogP contribution in [0.5, 0.6) is 0 Å². The van der Waals surface area contributed by atoms with E-state index in [2.05, 4.69) is 12.6 Å². The summed E-state index contributed by atoms with van der Waals surface area (Å²) in [6.45, 7) is 0. The Kier molecular flexibility index (Phi) is 3.57. The lowest BCUT2D eigenvalue weighted by atomic mass is 10.2. The molecule has 0 saturated heterocycles. The molecule has 0 amide bonds. The fourth-order valence-electron chi connectivity index (χ4n) is 0.824. The lowest BCUT2D eigenvalue weighted by Crippen LogP contribution is -1.85. The zero-order chi connectivity index (χ0) is 8.27. The summed E-state index contributed by atoms with van der Waals surface area (Å²) in [5.41, 5.74) is 1.18. The highest BCUT2D eigenvalue weighted by molar-refractivity contribution is 7.80. The predicted octanol–water partition coefficient (Wildman–Crippen LogP) is 3.47. The Hall–Kier alpha value is 0.150. The first-order valence-corrected chi connectivity index (χ1v) is 4.67. The second kappa shape index (κ2) is 4.24. The standard InChI is InChI=1S/C8H8Cl2S/c9-7-2-1-6(3-4-11)5-8(7)10/h1-2,5,11H,3-4H2. The van der Waals surface area contributed by atoms with Gasteiger partial charge in [0.1, 0.15) is 0 Å². The zero-order valence-electron chi connectivity index (χ0n) is 5.85. The van der Waals surface area contributed by atoms with Gasteiger partial charge < -0.3 is 0 Å². The number of hydrogen-bond acceptors (Lipinski definition) is 1. The van der Waals surface area contributed by atoms with E-state index in [9.17, 15) is 0 Å². The first-order chi connectivity index (χ1) is 5.24. The van der Waals surface area contributed by atoms with Crippen LogP contribution >= 0.6 is 35.8 Å². The molecule has 0 fully saturated rings. The maximum Gasteiger partial charge on any atom is 0.0595 e. The number of aryl methyl sites for hydroxylation is 1. The van der Waals surface area contributed by atoms with Crippen LogP contribution < -0.4 is 0 Å². The van der Waals surface area contributed by atoms with Crippen molar-refractivity contribution in [3.8, 4) is 0 Å². The average Bonchev–Trinajstić information content (AvgIpc) is 1.98. The van der Waals surface area contributed by atoms with Gasteiger partial charge in [-0.3, -0.25) is 0 Å². The molecule has 0 unspecified atom stereocenters. The lowest BCUT2D eigenvalue weighted by Gasteiger charge is -1.99. The number of benzene rings is 1. The highest BCUT2D eigenvalue weighted by Gasteiger charge is 1.97. The molecule has 0 N–H and O–H groups in total. The second-order valence-electron chi connectivity index (χ2n) is 2.22. The van der Waals surface area contributed by atoms with Gasteiger partial charge in [-0.2, -0.15) is 12.6 Å². The van der Waals surface area contributed by atoms with Gasteiger partial charge >= 0.3 is 0 Å². The largest absolute Gasteiger partial charge is 0.179 e. The molecule has 0 aromatic heterocycles. The fraction of sp³-hybridized carbons (Fsp3) is 0.250. The third-order valence-corrected chi connectivity index (χ3v) is 2.35. The van der Waals surface area contributed by atoms with E-state index >= 15 is 0 Å². The van der Waals surface area contributed by atoms with Gasteiger partial charge in [0.05, 0.1) is 10.0 Å². The van der Waals surface area contributed by atoms with Crippen LogP contribution in [0.15, 0.2) is 18.2 Å². The molecule has 0 radical (unpaired) electrons. The third kappa shape index (κ3) is 2.58. The van der Waals surface area contributed by atoms with Crippen LogP contribution in [0.2, 0.25) is 10.0 Å². The van der Waals surface area contributed by atoms with Crippen molar-refractivity contribution in [3.63, 3.8) is 0 Å². The maximum absolute atomic E-state index is 5.79. The van der Waals surface area contributed by atoms with Gasteiger partial charge in [-0.05, 0) is 29.9 Å². The molecular weight excluding hydrogens is 199 g/mol. The summed E-state index contributed by atoms with van der Waals surface area (Å²) < 4.78 is 0. The van der Waals surface area contributed by atoms with E-state index in [4.69, 9.17) is 23.2 Å². The van der Waals surface area contributed by atoms with Crippen molar-refractivity contribution in [2.75, 3.05) is 5.75 Å². The quantitative estimate of drug-likeness (QED) is 0.705. The van der Waals surface area contributed by atoms with Crippen LogP contribution in [0.4, 0.5) is 0 Å². The smallest absolute Gasteiger partial charge is 0.0595 e. The molecule has 0 bridgehead atoms. The molecule has 0 heterocycles. The molecule has 1 aromatic carbocycles. The molecule has 60 valence electrons. The van der Waals surface area contributed by atoms with Crippen molar-refractivity contribution < 1.29 is 0 Å². The zero-order valence-corrected chi connectivity index (χ0v) is 8.26. The van der Waals surface area contributed by atoms with Crippen LogP contribution in [0, 0.1) is 0 Å². The molecule has 0 aliphatic carbocycles. The van der Waals surface area contributed by atoms with Crippen LogP contribution in [0.1, 0.15) is 5.56 Å². The maximum atomic E-state index is 5.79. The number of hydrogen-bond donors (Lipinski definition) is 1. The summed E-state index contributed by atoms with van der Waals surface area (Å²) in [6.07, 6.45) is 0.931. The Morgan fingerprint density at radius 1 is 1.18 bits per heavy atom. The molecule has 0 aliphatic heterocycles. The van der Waals surface area contributed by atoms with E-state index in [1.165, 1.54) is 5.56 Å². The summed E-state index contributed by atoms with van der Waals surface area (Å²) in [7, 11) is 0. The normalized spacial score (nSPS) is 10.1. The Balaban J connectivity index is 2.86. The summed E-state index contributed by atoms with van der Waals surface area (Å²) in [4.78, 5) is 0. The summed E-state index contributed by atoms with van der Waals surface area (Å²) >= 11 is 15.6. The Morgan fingerprint density at radius 3 is 2.45 bits per heavy atom. The monoisotopic (exact) mass is 206 g/mol. The van der Waals surface area contributed by atoms with E-state index in [1.807, 2.05) is 18.2 Å².